The molecule has 2 aliphatic rings. The molecule has 0 bridgehead atoms. The maximum absolute atomic E-state index is 12.3. The van der Waals surface area contributed by atoms with Crippen LogP contribution in [0.4, 0.5) is 5.69 Å². The van der Waals surface area contributed by atoms with E-state index in [1.165, 1.54) is 5.56 Å². The minimum absolute atomic E-state index is 0.0778. The molecule has 2 aromatic rings. The summed E-state index contributed by atoms with van der Waals surface area (Å²) < 4.78 is 2.65. The Balaban J connectivity index is 1.47. The second-order valence-corrected chi connectivity index (χ2v) is 6.16. The zero-order chi connectivity index (χ0) is 15.1. The van der Waals surface area contributed by atoms with Crippen LogP contribution < -0.4 is 10.6 Å². The molecule has 1 amide bonds. The lowest BCUT2D eigenvalue weighted by molar-refractivity contribution is 0.0949. The first-order valence-electron chi connectivity index (χ1n) is 7.53. The number of aromatic amines is 1. The lowest BCUT2D eigenvalue weighted by atomic mass is 10.1. The van der Waals surface area contributed by atoms with Gasteiger partial charge in [-0.1, -0.05) is 0 Å². The van der Waals surface area contributed by atoms with Crippen molar-refractivity contribution in [2.45, 2.75) is 31.8 Å². The SMILES string of the molecule is O=C(NCc1n[nH]c(=S)n1C1CC1)c1ccc2c(c1)CCN2. The molecule has 0 radical (unpaired) electrons. The van der Waals surface area contributed by atoms with Crippen LogP contribution in [0.3, 0.4) is 0 Å². The largest absolute Gasteiger partial charge is 0.384 e. The van der Waals surface area contributed by atoms with Crippen molar-refractivity contribution in [2.75, 3.05) is 11.9 Å². The average Bonchev–Trinajstić information content (AvgIpc) is 3.12. The molecule has 1 fully saturated rings. The van der Waals surface area contributed by atoms with E-state index in [-0.39, 0.29) is 5.91 Å². The van der Waals surface area contributed by atoms with Gasteiger partial charge < -0.3 is 10.6 Å². The van der Waals surface area contributed by atoms with Crippen LogP contribution in [0.2, 0.25) is 0 Å². The van der Waals surface area contributed by atoms with Gasteiger partial charge >= 0.3 is 0 Å². The molecule has 6 nitrogen and oxygen atoms in total. The third-order valence-electron chi connectivity index (χ3n) is 4.17. The number of H-pyrrole nitrogens is 1. The number of anilines is 1. The quantitative estimate of drug-likeness (QED) is 0.756. The molecule has 1 aromatic heterocycles. The fourth-order valence-electron chi connectivity index (χ4n) is 2.88. The van der Waals surface area contributed by atoms with Crippen LogP contribution in [0.1, 0.15) is 40.6 Å². The van der Waals surface area contributed by atoms with Crippen molar-refractivity contribution in [3.05, 3.63) is 39.9 Å². The normalized spacial score (nSPS) is 16.2. The van der Waals surface area contributed by atoms with Crippen molar-refractivity contribution in [3.8, 4) is 0 Å². The molecule has 1 aliphatic carbocycles. The van der Waals surface area contributed by atoms with Gasteiger partial charge in [-0.05, 0) is 55.2 Å². The standard InChI is InChI=1S/C15H17N5OS/c21-14(10-1-4-12-9(7-10)5-6-16-12)17-8-13-18-19-15(22)20(13)11-2-3-11/h1,4,7,11,16H,2-3,5-6,8H2,(H,17,21)(H,19,22). The molecule has 4 rings (SSSR count). The molecular weight excluding hydrogens is 298 g/mol. The summed E-state index contributed by atoms with van der Waals surface area (Å²) in [6, 6.07) is 6.23. The van der Waals surface area contributed by atoms with E-state index in [9.17, 15) is 4.79 Å². The van der Waals surface area contributed by atoms with Crippen molar-refractivity contribution < 1.29 is 4.79 Å². The number of nitrogens with one attached hydrogen (secondary N) is 3. The van der Waals surface area contributed by atoms with Gasteiger partial charge in [0.25, 0.3) is 5.91 Å². The van der Waals surface area contributed by atoms with Gasteiger partial charge in [-0.15, -0.1) is 0 Å². The summed E-state index contributed by atoms with van der Waals surface area (Å²) in [6.45, 7) is 1.33. The van der Waals surface area contributed by atoms with Gasteiger partial charge in [0.1, 0.15) is 0 Å². The highest BCUT2D eigenvalue weighted by molar-refractivity contribution is 7.71. The number of carbonyl (C=O) groups excluding carboxylic acids is 1. The number of hydrogen-bond acceptors (Lipinski definition) is 4. The fraction of sp³-hybridized carbons (Fsp3) is 0.400. The van der Waals surface area contributed by atoms with E-state index in [4.69, 9.17) is 12.2 Å². The fourth-order valence-corrected chi connectivity index (χ4v) is 3.18. The van der Waals surface area contributed by atoms with Crippen molar-refractivity contribution in [3.63, 3.8) is 0 Å². The summed E-state index contributed by atoms with van der Waals surface area (Å²) in [6.07, 6.45) is 3.23. The summed E-state index contributed by atoms with van der Waals surface area (Å²) in [5, 5.41) is 13.3. The van der Waals surface area contributed by atoms with E-state index >= 15 is 0 Å². The van der Waals surface area contributed by atoms with Crippen molar-refractivity contribution in [1.29, 1.82) is 0 Å². The highest BCUT2D eigenvalue weighted by Gasteiger charge is 2.27. The Hall–Kier alpha value is -2.15. The molecular formula is C15H17N5OS. The van der Waals surface area contributed by atoms with E-state index in [1.807, 2.05) is 22.8 Å². The lowest BCUT2D eigenvalue weighted by Gasteiger charge is -2.08. The van der Waals surface area contributed by atoms with Gasteiger partial charge in [-0.2, -0.15) is 5.10 Å². The Morgan fingerprint density at radius 1 is 1.45 bits per heavy atom. The van der Waals surface area contributed by atoms with Crippen LogP contribution in [0.5, 0.6) is 0 Å². The summed E-state index contributed by atoms with van der Waals surface area (Å²) in [5.74, 6) is 0.717. The van der Waals surface area contributed by atoms with Gasteiger partial charge in [0.05, 0.1) is 6.54 Å². The molecule has 1 saturated carbocycles. The molecule has 3 N–H and O–H groups in total. The molecule has 0 atom stereocenters. The van der Waals surface area contributed by atoms with Crippen LogP contribution >= 0.6 is 12.2 Å². The minimum Gasteiger partial charge on any atom is -0.384 e. The number of amides is 1. The number of carbonyl (C=O) groups is 1. The van der Waals surface area contributed by atoms with E-state index < -0.39 is 0 Å². The predicted octanol–water partition coefficient (Wildman–Crippen LogP) is 2.17. The third kappa shape index (κ3) is 2.41. The van der Waals surface area contributed by atoms with Gasteiger partial charge in [0.2, 0.25) is 0 Å². The highest BCUT2D eigenvalue weighted by Crippen LogP contribution is 2.35. The molecule has 2 heterocycles. The maximum Gasteiger partial charge on any atom is 0.251 e. The van der Waals surface area contributed by atoms with Crippen LogP contribution in [0.15, 0.2) is 18.2 Å². The molecule has 1 aromatic carbocycles. The van der Waals surface area contributed by atoms with E-state index in [1.54, 1.807) is 0 Å². The van der Waals surface area contributed by atoms with Crippen LogP contribution in [0.25, 0.3) is 0 Å². The van der Waals surface area contributed by atoms with Gasteiger partial charge in [0.15, 0.2) is 10.6 Å². The Morgan fingerprint density at radius 3 is 3.14 bits per heavy atom. The van der Waals surface area contributed by atoms with E-state index in [0.717, 1.165) is 37.3 Å². The topological polar surface area (TPSA) is 74.7 Å². The first-order chi connectivity index (χ1) is 10.7. The predicted molar refractivity (Wildman–Crippen MR) is 85.5 cm³/mol. The number of aromatic nitrogens is 3. The highest BCUT2D eigenvalue weighted by atomic mass is 32.1. The molecule has 7 heteroatoms. The maximum atomic E-state index is 12.3. The van der Waals surface area contributed by atoms with Gasteiger partial charge in [0, 0.05) is 23.8 Å². The van der Waals surface area contributed by atoms with E-state index in [0.29, 0.717) is 22.9 Å². The number of benzene rings is 1. The molecule has 22 heavy (non-hydrogen) atoms. The smallest absolute Gasteiger partial charge is 0.251 e. The second-order valence-electron chi connectivity index (χ2n) is 5.78. The third-order valence-corrected chi connectivity index (χ3v) is 4.46. The first-order valence-corrected chi connectivity index (χ1v) is 7.94. The van der Waals surface area contributed by atoms with Gasteiger partial charge in [-0.3, -0.25) is 14.5 Å². The van der Waals surface area contributed by atoms with Crippen LogP contribution in [0, 0.1) is 4.77 Å². The number of fused-ring (bicyclic) bond motifs is 1. The molecule has 1 aliphatic heterocycles. The second kappa shape index (κ2) is 5.24. The van der Waals surface area contributed by atoms with Crippen LogP contribution in [-0.2, 0) is 13.0 Å². The lowest BCUT2D eigenvalue weighted by Crippen LogP contribution is -2.24. The molecule has 0 unspecified atom stereocenters. The molecule has 0 saturated heterocycles. The zero-order valence-corrected chi connectivity index (χ0v) is 12.9. The van der Waals surface area contributed by atoms with Crippen molar-refractivity contribution >= 4 is 23.8 Å². The van der Waals surface area contributed by atoms with Crippen molar-refractivity contribution in [2.24, 2.45) is 0 Å². The Labute approximate surface area is 132 Å². The van der Waals surface area contributed by atoms with Crippen LogP contribution in [-0.4, -0.2) is 27.2 Å². The first kappa shape index (κ1) is 13.5. The Kier molecular flexibility index (Phi) is 3.22. The number of nitrogens with zero attached hydrogens (tertiary/aromatic N) is 2. The number of hydrogen-bond donors (Lipinski definition) is 3. The van der Waals surface area contributed by atoms with Gasteiger partial charge in [-0.25, -0.2) is 0 Å². The summed E-state index contributed by atoms with van der Waals surface area (Å²) >= 11 is 5.24. The monoisotopic (exact) mass is 315 g/mol. The van der Waals surface area contributed by atoms with E-state index in [2.05, 4.69) is 20.8 Å². The zero-order valence-electron chi connectivity index (χ0n) is 12.1. The minimum atomic E-state index is -0.0778. The summed E-state index contributed by atoms with van der Waals surface area (Å²) in [5.41, 5.74) is 3.02. The molecule has 114 valence electrons. The Morgan fingerprint density at radius 2 is 2.32 bits per heavy atom. The molecule has 0 spiro atoms. The summed E-state index contributed by atoms with van der Waals surface area (Å²) in [7, 11) is 0. The Bertz CT molecular complexity index is 789. The summed E-state index contributed by atoms with van der Waals surface area (Å²) in [4.78, 5) is 12.3. The number of rotatable bonds is 4. The average molecular weight is 315 g/mol. The van der Waals surface area contributed by atoms with Crippen molar-refractivity contribution in [1.82, 2.24) is 20.1 Å².